The van der Waals surface area contributed by atoms with E-state index < -0.39 is 0 Å². The van der Waals surface area contributed by atoms with Crippen LogP contribution in [0, 0.1) is 4.77 Å². The van der Waals surface area contributed by atoms with Crippen LogP contribution >= 0.6 is 12.2 Å². The molecule has 0 spiro atoms. The Balaban J connectivity index is 1.74. The molecule has 2 amide bonds. The van der Waals surface area contributed by atoms with Crippen molar-refractivity contribution in [1.82, 2.24) is 25.6 Å². The summed E-state index contributed by atoms with van der Waals surface area (Å²) in [5.74, 6) is 0.612. The minimum Gasteiger partial charge on any atom is -0.284 e. The van der Waals surface area contributed by atoms with Crippen molar-refractivity contribution in [2.75, 3.05) is 11.6 Å². The van der Waals surface area contributed by atoms with E-state index in [-0.39, 0.29) is 6.03 Å². The summed E-state index contributed by atoms with van der Waals surface area (Å²) in [6.07, 6.45) is 0. The summed E-state index contributed by atoms with van der Waals surface area (Å²) in [5, 5.41) is 7.01. The Hall–Kier alpha value is -2.19. The van der Waals surface area contributed by atoms with Gasteiger partial charge in [-0.2, -0.15) is 0 Å². The lowest BCUT2D eigenvalue weighted by Gasteiger charge is -2.15. The van der Waals surface area contributed by atoms with Crippen LogP contribution in [0.1, 0.15) is 5.82 Å². The number of carbonyl (C=O) groups is 1. The predicted molar refractivity (Wildman–Crippen MR) is 71.6 cm³/mol. The van der Waals surface area contributed by atoms with Crippen molar-refractivity contribution in [2.24, 2.45) is 0 Å². The van der Waals surface area contributed by atoms with Gasteiger partial charge in [0.05, 0.1) is 13.2 Å². The molecule has 2 aromatic rings. The van der Waals surface area contributed by atoms with E-state index in [1.165, 1.54) is 5.01 Å². The van der Waals surface area contributed by atoms with Gasteiger partial charge in [0.2, 0.25) is 4.77 Å². The number of nitrogens with one attached hydrogen (secondary N) is 3. The van der Waals surface area contributed by atoms with Crippen LogP contribution in [-0.2, 0) is 6.54 Å². The maximum Gasteiger partial charge on any atom is 0.340 e. The molecule has 98 valence electrons. The fourth-order valence-electron chi connectivity index (χ4n) is 1.90. The third-order valence-electron chi connectivity index (χ3n) is 2.81. The van der Waals surface area contributed by atoms with Crippen LogP contribution in [0.3, 0.4) is 0 Å². The average Bonchev–Trinajstić information content (AvgIpc) is 2.99. The normalized spacial score (nSPS) is 15.3. The largest absolute Gasteiger partial charge is 0.340 e. The van der Waals surface area contributed by atoms with Crippen molar-refractivity contribution in [3.8, 4) is 0 Å². The zero-order chi connectivity index (χ0) is 13.2. The third-order valence-corrected chi connectivity index (χ3v) is 3.00. The van der Waals surface area contributed by atoms with Gasteiger partial charge in [0.15, 0.2) is 0 Å². The van der Waals surface area contributed by atoms with E-state index in [9.17, 15) is 4.79 Å². The summed E-state index contributed by atoms with van der Waals surface area (Å²) in [6.45, 7) is 0.767. The van der Waals surface area contributed by atoms with E-state index in [0.717, 1.165) is 5.69 Å². The summed E-state index contributed by atoms with van der Waals surface area (Å²) in [7, 11) is 0. The minimum absolute atomic E-state index is 0.117. The van der Waals surface area contributed by atoms with Crippen LogP contribution < -0.4 is 10.3 Å². The summed E-state index contributed by atoms with van der Waals surface area (Å²) in [6, 6.07) is 9.38. The zero-order valence-electron chi connectivity index (χ0n) is 9.96. The van der Waals surface area contributed by atoms with Gasteiger partial charge in [-0.3, -0.25) is 15.1 Å². The van der Waals surface area contributed by atoms with E-state index in [4.69, 9.17) is 12.2 Å². The molecule has 3 N–H and O–H groups in total. The van der Waals surface area contributed by atoms with Gasteiger partial charge in [-0.25, -0.2) is 20.2 Å². The molecule has 0 atom stereocenters. The minimum atomic E-state index is -0.117. The van der Waals surface area contributed by atoms with Crippen molar-refractivity contribution < 1.29 is 4.79 Å². The number of para-hydroxylation sites is 1. The molecule has 0 bridgehead atoms. The summed E-state index contributed by atoms with van der Waals surface area (Å²) in [4.78, 5) is 17.9. The molecule has 0 radical (unpaired) electrons. The molecular formula is C11H12N6OS. The molecule has 0 unspecified atom stereocenters. The number of anilines is 1. The Kier molecular flexibility index (Phi) is 3.02. The summed E-state index contributed by atoms with van der Waals surface area (Å²) >= 11 is 4.87. The Bertz CT molecular complexity index is 636. The Morgan fingerprint density at radius 2 is 2.05 bits per heavy atom. The number of aromatic amines is 2. The van der Waals surface area contributed by atoms with Crippen LogP contribution in [0.2, 0.25) is 0 Å². The molecule has 3 rings (SSSR count). The second-order valence-corrected chi connectivity index (χ2v) is 4.45. The molecule has 0 saturated carbocycles. The topological polar surface area (TPSA) is 80.0 Å². The van der Waals surface area contributed by atoms with E-state index in [1.807, 2.05) is 30.3 Å². The van der Waals surface area contributed by atoms with Crippen LogP contribution in [-0.4, -0.2) is 32.9 Å². The highest BCUT2D eigenvalue weighted by Crippen LogP contribution is 2.18. The summed E-state index contributed by atoms with van der Waals surface area (Å²) in [5.41, 5.74) is 3.87. The third kappa shape index (κ3) is 2.35. The standard InChI is InChI=1S/C11H12N6OS/c18-11-16(8-4-2-1-3-5-8)7-12-17(11)6-9-13-10(19)15-14-9/h1-5,12H,6-7H2,(H2,13,14,15,19). The highest BCUT2D eigenvalue weighted by molar-refractivity contribution is 7.71. The Morgan fingerprint density at radius 1 is 1.26 bits per heavy atom. The lowest BCUT2D eigenvalue weighted by Crippen LogP contribution is -2.35. The quantitative estimate of drug-likeness (QED) is 0.740. The number of rotatable bonds is 3. The van der Waals surface area contributed by atoms with E-state index in [0.29, 0.717) is 23.8 Å². The number of hydrogen-bond acceptors (Lipinski definition) is 4. The van der Waals surface area contributed by atoms with E-state index >= 15 is 0 Å². The molecule has 7 nitrogen and oxygen atoms in total. The molecule has 19 heavy (non-hydrogen) atoms. The Morgan fingerprint density at radius 3 is 2.74 bits per heavy atom. The van der Waals surface area contributed by atoms with Gasteiger partial charge in [0.1, 0.15) is 5.82 Å². The van der Waals surface area contributed by atoms with Crippen LogP contribution in [0.15, 0.2) is 30.3 Å². The maximum atomic E-state index is 12.2. The number of hydrazine groups is 1. The first-order valence-corrected chi connectivity index (χ1v) is 6.16. The number of H-pyrrole nitrogens is 2. The molecule has 1 saturated heterocycles. The second kappa shape index (κ2) is 4.82. The van der Waals surface area contributed by atoms with Gasteiger partial charge in [0.25, 0.3) is 0 Å². The highest BCUT2D eigenvalue weighted by atomic mass is 32.1. The second-order valence-electron chi connectivity index (χ2n) is 4.06. The monoisotopic (exact) mass is 276 g/mol. The van der Waals surface area contributed by atoms with Crippen LogP contribution in [0.4, 0.5) is 10.5 Å². The van der Waals surface area contributed by atoms with Gasteiger partial charge < -0.3 is 0 Å². The molecule has 1 aliphatic rings. The summed E-state index contributed by atoms with van der Waals surface area (Å²) < 4.78 is 0.376. The van der Waals surface area contributed by atoms with Crippen molar-refractivity contribution in [3.05, 3.63) is 40.9 Å². The first-order chi connectivity index (χ1) is 9.24. The number of nitrogens with zero attached hydrogens (tertiary/aromatic N) is 3. The highest BCUT2D eigenvalue weighted by Gasteiger charge is 2.29. The van der Waals surface area contributed by atoms with E-state index in [1.54, 1.807) is 4.90 Å². The fourth-order valence-corrected chi connectivity index (χ4v) is 2.06. The number of urea groups is 1. The number of benzene rings is 1. The van der Waals surface area contributed by atoms with Crippen molar-refractivity contribution in [3.63, 3.8) is 0 Å². The first-order valence-electron chi connectivity index (χ1n) is 5.75. The smallest absolute Gasteiger partial charge is 0.284 e. The number of carbonyl (C=O) groups excluding carboxylic acids is 1. The lowest BCUT2D eigenvalue weighted by atomic mass is 10.3. The molecule has 8 heteroatoms. The molecule has 2 heterocycles. The number of hydrogen-bond donors (Lipinski definition) is 3. The van der Waals surface area contributed by atoms with Crippen LogP contribution in [0.25, 0.3) is 0 Å². The van der Waals surface area contributed by atoms with Gasteiger partial charge in [-0.15, -0.1) is 0 Å². The van der Waals surface area contributed by atoms with E-state index in [2.05, 4.69) is 20.6 Å². The lowest BCUT2D eigenvalue weighted by molar-refractivity contribution is 0.198. The molecule has 1 aromatic carbocycles. The average molecular weight is 276 g/mol. The van der Waals surface area contributed by atoms with Crippen molar-refractivity contribution in [1.29, 1.82) is 0 Å². The van der Waals surface area contributed by atoms with Gasteiger partial charge >= 0.3 is 6.03 Å². The molecule has 1 aromatic heterocycles. The zero-order valence-corrected chi connectivity index (χ0v) is 10.8. The SMILES string of the molecule is O=C1N(Cc2nc(=S)[nH][nH]2)NCN1c1ccccc1. The van der Waals surface area contributed by atoms with Crippen LogP contribution in [0.5, 0.6) is 0 Å². The first kappa shape index (κ1) is 11.9. The van der Waals surface area contributed by atoms with Gasteiger partial charge in [-0.1, -0.05) is 18.2 Å². The fraction of sp³-hybridized carbons (Fsp3) is 0.182. The molecular weight excluding hydrogens is 264 g/mol. The molecule has 1 aliphatic heterocycles. The number of amides is 2. The van der Waals surface area contributed by atoms with Gasteiger partial charge in [0, 0.05) is 5.69 Å². The predicted octanol–water partition coefficient (Wildman–Crippen LogP) is 1.37. The maximum absolute atomic E-state index is 12.2. The van der Waals surface area contributed by atoms with Gasteiger partial charge in [-0.05, 0) is 24.4 Å². The molecule has 0 aliphatic carbocycles. The van der Waals surface area contributed by atoms with Crippen molar-refractivity contribution in [2.45, 2.75) is 6.54 Å². The Labute approximate surface area is 114 Å². The molecule has 1 fully saturated rings. The number of aromatic nitrogens is 3. The van der Waals surface area contributed by atoms with Crippen molar-refractivity contribution >= 4 is 23.9 Å².